The predicted octanol–water partition coefficient (Wildman–Crippen LogP) is 4.77. The van der Waals surface area contributed by atoms with E-state index in [0.717, 1.165) is 42.6 Å². The van der Waals surface area contributed by atoms with Crippen LogP contribution < -0.4 is 5.32 Å². The van der Waals surface area contributed by atoms with Crippen molar-refractivity contribution in [2.45, 2.75) is 24.9 Å². The number of ether oxygens (including phenoxy) is 1. The third-order valence-electron chi connectivity index (χ3n) is 6.59. The summed E-state index contributed by atoms with van der Waals surface area (Å²) in [7, 11) is 3.52. The topological polar surface area (TPSA) is 65.4 Å². The summed E-state index contributed by atoms with van der Waals surface area (Å²) < 4.78 is 6.34. The molecule has 1 heterocycles. The van der Waals surface area contributed by atoms with Crippen LogP contribution in [0.5, 0.6) is 0 Å². The van der Waals surface area contributed by atoms with Crippen LogP contribution in [0.4, 0.5) is 0 Å². The van der Waals surface area contributed by atoms with E-state index < -0.39 is 0 Å². The molecule has 1 saturated heterocycles. The molecular weight excluding hydrogens is 422 g/mol. The SMILES string of the molecule is CN(C)C(=O)c1cc(COCC2(c3ccccc3)CCNCC2)cc(-c2ccc(C#N)cc2)c1. The van der Waals surface area contributed by atoms with Crippen molar-refractivity contribution in [1.29, 1.82) is 5.26 Å². The molecule has 34 heavy (non-hydrogen) atoms. The molecule has 1 amide bonds. The van der Waals surface area contributed by atoms with Crippen LogP contribution in [0, 0.1) is 11.3 Å². The Bertz CT molecular complexity index is 1160. The number of rotatable bonds is 7. The maximum atomic E-state index is 12.8. The van der Waals surface area contributed by atoms with Gasteiger partial charge >= 0.3 is 0 Å². The monoisotopic (exact) mass is 453 g/mol. The molecule has 4 rings (SSSR count). The van der Waals surface area contributed by atoms with Gasteiger partial charge in [0.05, 0.1) is 24.8 Å². The molecule has 3 aromatic rings. The molecule has 0 radical (unpaired) electrons. The van der Waals surface area contributed by atoms with E-state index in [9.17, 15) is 4.79 Å². The predicted molar refractivity (Wildman–Crippen MR) is 134 cm³/mol. The Morgan fingerprint density at radius 2 is 1.71 bits per heavy atom. The van der Waals surface area contributed by atoms with Crippen LogP contribution in [0.1, 0.15) is 39.9 Å². The van der Waals surface area contributed by atoms with Crippen molar-refractivity contribution in [2.75, 3.05) is 33.8 Å². The van der Waals surface area contributed by atoms with E-state index >= 15 is 0 Å². The van der Waals surface area contributed by atoms with Crippen molar-refractivity contribution in [3.63, 3.8) is 0 Å². The summed E-state index contributed by atoms with van der Waals surface area (Å²) in [6.07, 6.45) is 2.07. The maximum absolute atomic E-state index is 12.8. The lowest BCUT2D eigenvalue weighted by atomic mass is 9.74. The molecular formula is C29H31N3O2. The van der Waals surface area contributed by atoms with E-state index in [4.69, 9.17) is 10.00 Å². The van der Waals surface area contributed by atoms with Crippen LogP contribution in [0.3, 0.4) is 0 Å². The molecule has 0 aromatic heterocycles. The highest BCUT2D eigenvalue weighted by Crippen LogP contribution is 2.34. The number of nitrogens with zero attached hydrogens (tertiary/aromatic N) is 2. The molecule has 0 saturated carbocycles. The number of benzene rings is 3. The number of carbonyl (C=O) groups is 1. The van der Waals surface area contributed by atoms with Gasteiger partial charge in [0.25, 0.3) is 5.91 Å². The van der Waals surface area contributed by atoms with Gasteiger partial charge in [-0.05, 0) is 78.5 Å². The number of amides is 1. The minimum Gasteiger partial charge on any atom is -0.376 e. The van der Waals surface area contributed by atoms with E-state index in [0.29, 0.717) is 24.3 Å². The molecule has 0 unspecified atom stereocenters. The summed E-state index contributed by atoms with van der Waals surface area (Å²) in [5, 5.41) is 12.6. The average molecular weight is 454 g/mol. The van der Waals surface area contributed by atoms with Crippen LogP contribution in [0.25, 0.3) is 11.1 Å². The first-order valence-corrected chi connectivity index (χ1v) is 11.7. The van der Waals surface area contributed by atoms with Gasteiger partial charge in [-0.25, -0.2) is 0 Å². The molecule has 0 spiro atoms. The van der Waals surface area contributed by atoms with E-state index in [1.54, 1.807) is 31.1 Å². The fourth-order valence-electron chi connectivity index (χ4n) is 4.64. The van der Waals surface area contributed by atoms with Crippen LogP contribution in [0.2, 0.25) is 0 Å². The number of hydrogen-bond acceptors (Lipinski definition) is 4. The molecule has 1 fully saturated rings. The summed E-state index contributed by atoms with van der Waals surface area (Å²) in [6.45, 7) is 3.03. The molecule has 0 atom stereocenters. The quantitative estimate of drug-likeness (QED) is 0.560. The van der Waals surface area contributed by atoms with Gasteiger partial charge in [0.1, 0.15) is 0 Å². The number of piperidine rings is 1. The first-order valence-electron chi connectivity index (χ1n) is 11.7. The Morgan fingerprint density at radius 3 is 2.35 bits per heavy atom. The normalized spacial score (nSPS) is 14.9. The number of hydrogen-bond donors (Lipinski definition) is 1. The molecule has 0 aliphatic carbocycles. The first-order chi connectivity index (χ1) is 16.5. The summed E-state index contributed by atoms with van der Waals surface area (Å²) in [6, 6.07) is 26.1. The van der Waals surface area contributed by atoms with Gasteiger partial charge in [-0.3, -0.25) is 4.79 Å². The van der Waals surface area contributed by atoms with E-state index in [1.807, 2.05) is 24.3 Å². The summed E-state index contributed by atoms with van der Waals surface area (Å²) in [5.74, 6) is -0.0455. The second kappa shape index (κ2) is 10.6. The number of nitrogens with one attached hydrogen (secondary N) is 1. The highest BCUT2D eigenvalue weighted by atomic mass is 16.5. The third kappa shape index (κ3) is 5.36. The molecule has 174 valence electrons. The largest absolute Gasteiger partial charge is 0.376 e. The zero-order chi connectivity index (χ0) is 24.0. The number of carbonyl (C=O) groups excluding carboxylic acids is 1. The lowest BCUT2D eigenvalue weighted by Crippen LogP contribution is -2.43. The van der Waals surface area contributed by atoms with Crippen LogP contribution in [0.15, 0.2) is 72.8 Å². The summed E-state index contributed by atoms with van der Waals surface area (Å²) in [5.41, 5.74) is 5.43. The van der Waals surface area contributed by atoms with E-state index in [2.05, 4.69) is 47.8 Å². The minimum absolute atomic E-state index is 0.000465. The second-order valence-corrected chi connectivity index (χ2v) is 9.20. The fraction of sp³-hybridized carbons (Fsp3) is 0.310. The van der Waals surface area contributed by atoms with E-state index in [1.165, 1.54) is 5.56 Å². The van der Waals surface area contributed by atoms with Gasteiger partial charge in [-0.15, -0.1) is 0 Å². The minimum atomic E-state index is -0.0455. The van der Waals surface area contributed by atoms with Gasteiger partial charge in [0, 0.05) is 25.1 Å². The second-order valence-electron chi connectivity index (χ2n) is 9.20. The Labute approximate surface area is 202 Å². The van der Waals surface area contributed by atoms with Gasteiger partial charge in [0.2, 0.25) is 0 Å². The van der Waals surface area contributed by atoms with Crippen LogP contribution in [-0.4, -0.2) is 44.6 Å². The molecule has 1 aliphatic rings. The van der Waals surface area contributed by atoms with Crippen LogP contribution >= 0.6 is 0 Å². The Morgan fingerprint density at radius 1 is 1.00 bits per heavy atom. The van der Waals surface area contributed by atoms with Gasteiger partial charge in [-0.1, -0.05) is 42.5 Å². The molecule has 1 N–H and O–H groups in total. The molecule has 5 heteroatoms. The highest BCUT2D eigenvalue weighted by molar-refractivity contribution is 5.95. The lowest BCUT2D eigenvalue weighted by molar-refractivity contribution is 0.0564. The highest BCUT2D eigenvalue weighted by Gasteiger charge is 2.34. The van der Waals surface area contributed by atoms with Gasteiger partial charge in [0.15, 0.2) is 0 Å². The Balaban J connectivity index is 1.58. The fourth-order valence-corrected chi connectivity index (χ4v) is 4.64. The maximum Gasteiger partial charge on any atom is 0.253 e. The van der Waals surface area contributed by atoms with Crippen LogP contribution in [-0.2, 0) is 16.8 Å². The number of nitriles is 1. The molecule has 0 bridgehead atoms. The van der Waals surface area contributed by atoms with Crippen molar-refractivity contribution >= 4 is 5.91 Å². The zero-order valence-electron chi connectivity index (χ0n) is 19.9. The van der Waals surface area contributed by atoms with Crippen molar-refractivity contribution in [3.8, 4) is 17.2 Å². The molecule has 1 aliphatic heterocycles. The van der Waals surface area contributed by atoms with E-state index in [-0.39, 0.29) is 11.3 Å². The third-order valence-corrected chi connectivity index (χ3v) is 6.59. The van der Waals surface area contributed by atoms with Crippen molar-refractivity contribution in [2.24, 2.45) is 0 Å². The average Bonchev–Trinajstić information content (AvgIpc) is 2.89. The Hall–Kier alpha value is -3.46. The summed E-state index contributed by atoms with van der Waals surface area (Å²) in [4.78, 5) is 14.4. The van der Waals surface area contributed by atoms with Crippen molar-refractivity contribution in [3.05, 3.63) is 95.1 Å². The molecule has 5 nitrogen and oxygen atoms in total. The zero-order valence-corrected chi connectivity index (χ0v) is 19.9. The van der Waals surface area contributed by atoms with Gasteiger partial charge in [-0.2, -0.15) is 5.26 Å². The van der Waals surface area contributed by atoms with Crippen molar-refractivity contribution < 1.29 is 9.53 Å². The van der Waals surface area contributed by atoms with Gasteiger partial charge < -0.3 is 15.0 Å². The first kappa shape index (κ1) is 23.7. The van der Waals surface area contributed by atoms with Crippen molar-refractivity contribution in [1.82, 2.24) is 10.2 Å². The Kier molecular flexibility index (Phi) is 7.42. The standard InChI is InChI=1S/C29H31N3O2/c1-32(2)28(33)26-17-23(16-25(18-26)24-10-8-22(19-30)9-11-24)20-34-21-29(12-14-31-15-13-29)27-6-4-3-5-7-27/h3-11,16-18,31H,12-15,20-21H2,1-2H3. The lowest BCUT2D eigenvalue weighted by Gasteiger charge is -2.38. The smallest absolute Gasteiger partial charge is 0.253 e. The molecule has 3 aromatic carbocycles. The summed E-state index contributed by atoms with van der Waals surface area (Å²) >= 11 is 0.